The average molecular weight is 485 g/mol. The molecule has 1 aromatic heterocycles. The van der Waals surface area contributed by atoms with Crippen molar-refractivity contribution >= 4 is 42.4 Å². The number of halogens is 1. The Morgan fingerprint density at radius 1 is 1.12 bits per heavy atom. The molecule has 0 radical (unpaired) electrons. The number of amides is 1. The zero-order valence-corrected chi connectivity index (χ0v) is 21.9. The van der Waals surface area contributed by atoms with Crippen LogP contribution in [0.4, 0.5) is 0 Å². The summed E-state index contributed by atoms with van der Waals surface area (Å²) < 4.78 is 7.10. The molecule has 1 heterocycles. The molecule has 2 aromatic carbocycles. The van der Waals surface area contributed by atoms with E-state index in [1.807, 2.05) is 25.1 Å². The Morgan fingerprint density at radius 3 is 2.45 bits per heavy atom. The van der Waals surface area contributed by atoms with Gasteiger partial charge in [0.15, 0.2) is 0 Å². The van der Waals surface area contributed by atoms with Crippen LogP contribution in [0.1, 0.15) is 41.4 Å². The fourth-order valence-electron chi connectivity index (χ4n) is 4.10. The summed E-state index contributed by atoms with van der Waals surface area (Å²) in [5.74, 6) is 0.517. The molecule has 3 aromatic rings. The molecule has 0 aliphatic rings. The van der Waals surface area contributed by atoms with E-state index in [2.05, 4.69) is 25.3 Å². The van der Waals surface area contributed by atoms with Crippen molar-refractivity contribution < 1.29 is 14.3 Å². The molecule has 7 heteroatoms. The van der Waals surface area contributed by atoms with Crippen LogP contribution in [-0.4, -0.2) is 37.7 Å². The molecule has 0 saturated carbocycles. The number of nitrogens with zero attached hydrogens (tertiary/aromatic N) is 1. The lowest BCUT2D eigenvalue weighted by molar-refractivity contribution is -0.120. The van der Waals surface area contributed by atoms with E-state index < -0.39 is 8.07 Å². The van der Waals surface area contributed by atoms with Crippen LogP contribution >= 0.6 is 11.6 Å². The van der Waals surface area contributed by atoms with Gasteiger partial charge >= 0.3 is 0 Å². The maximum atomic E-state index is 13.4. The van der Waals surface area contributed by atoms with Crippen LogP contribution in [0.5, 0.6) is 5.75 Å². The van der Waals surface area contributed by atoms with Crippen molar-refractivity contribution in [2.75, 3.05) is 13.3 Å². The Kier molecular flexibility index (Phi) is 8.03. The Labute approximate surface area is 202 Å². The number of carbonyl (C=O) groups is 2. The number of aromatic nitrogens is 1. The second-order valence-corrected chi connectivity index (χ2v) is 14.9. The smallest absolute Gasteiger partial charge is 0.262 e. The van der Waals surface area contributed by atoms with Crippen LogP contribution < -0.4 is 10.1 Å². The first-order valence-electron chi connectivity index (χ1n) is 11.4. The number of rotatable bonds is 9. The molecule has 3 rings (SSSR count). The van der Waals surface area contributed by atoms with Gasteiger partial charge < -0.3 is 10.1 Å². The third-order valence-electron chi connectivity index (χ3n) is 6.14. The van der Waals surface area contributed by atoms with Crippen LogP contribution in [0, 0.1) is 6.92 Å². The average Bonchev–Trinajstić information content (AvgIpc) is 3.07. The van der Waals surface area contributed by atoms with Crippen molar-refractivity contribution in [3.8, 4) is 5.75 Å². The van der Waals surface area contributed by atoms with Crippen molar-refractivity contribution in [3.05, 3.63) is 64.3 Å². The summed E-state index contributed by atoms with van der Waals surface area (Å²) in [4.78, 5) is 26.3. The highest BCUT2D eigenvalue weighted by atomic mass is 35.5. The van der Waals surface area contributed by atoms with Gasteiger partial charge in [-0.2, -0.15) is 0 Å². The van der Waals surface area contributed by atoms with Crippen LogP contribution in [0.15, 0.2) is 42.5 Å². The molecule has 1 amide bonds. The summed E-state index contributed by atoms with van der Waals surface area (Å²) in [7, 11) is 0.141. The summed E-state index contributed by atoms with van der Waals surface area (Å²) in [6, 6.07) is 13.7. The molecule has 0 aliphatic carbocycles. The summed E-state index contributed by atoms with van der Waals surface area (Å²) in [5.41, 5.74) is 2.90. The minimum Gasteiger partial charge on any atom is -0.497 e. The van der Waals surface area contributed by atoms with Crippen molar-refractivity contribution in [3.63, 3.8) is 0 Å². The highest BCUT2D eigenvalue weighted by molar-refractivity contribution is 6.77. The predicted molar refractivity (Wildman–Crippen MR) is 138 cm³/mol. The lowest BCUT2D eigenvalue weighted by Gasteiger charge is -2.22. The van der Waals surface area contributed by atoms with E-state index >= 15 is 0 Å². The van der Waals surface area contributed by atoms with E-state index in [1.54, 1.807) is 35.9 Å². The molecule has 0 saturated heterocycles. The van der Waals surface area contributed by atoms with Gasteiger partial charge in [-0.05, 0) is 55.0 Å². The highest BCUT2D eigenvalue weighted by Crippen LogP contribution is 2.31. The van der Waals surface area contributed by atoms with Gasteiger partial charge in [-0.25, -0.2) is 0 Å². The number of fused-ring (bicyclic) bond motifs is 1. The van der Waals surface area contributed by atoms with Crippen molar-refractivity contribution in [2.24, 2.45) is 0 Å². The van der Waals surface area contributed by atoms with E-state index in [1.165, 1.54) is 18.9 Å². The van der Waals surface area contributed by atoms with Crippen molar-refractivity contribution in [1.82, 2.24) is 9.88 Å². The highest BCUT2D eigenvalue weighted by Gasteiger charge is 2.24. The molecule has 0 bridgehead atoms. The Hall–Kier alpha value is -2.57. The van der Waals surface area contributed by atoms with E-state index in [9.17, 15) is 9.59 Å². The molecule has 1 N–H and O–H groups in total. The molecule has 33 heavy (non-hydrogen) atoms. The van der Waals surface area contributed by atoms with Gasteiger partial charge in [-0.15, -0.1) is 0 Å². The lowest BCUT2D eigenvalue weighted by Crippen LogP contribution is -2.42. The van der Waals surface area contributed by atoms with Gasteiger partial charge in [0.05, 0.1) is 27.1 Å². The molecular formula is C26H33ClN2O3Si. The number of carbonyl (C=O) groups excluding carboxylic acids is 2. The SMILES string of the molecule is CCCC[Si](C)(C)CNC(=O)Cc1c(C)n(C(=O)c2ccc(Cl)cc2)c2ccc(OC)cc12. The number of nitrogens with one attached hydrogen (secondary N) is 1. The standard InChI is InChI=1S/C26H33ClN2O3Si/c1-6-7-14-33(4,5)17-28-25(30)16-22-18(2)29(24-13-12-21(32-3)15-23(22)24)26(31)19-8-10-20(27)11-9-19/h8-13,15H,6-7,14,16-17H2,1-5H3,(H,28,30). The summed E-state index contributed by atoms with van der Waals surface area (Å²) in [6.07, 6.45) is 3.35. The van der Waals surface area contributed by atoms with E-state index in [-0.39, 0.29) is 18.2 Å². The molecule has 0 spiro atoms. The van der Waals surface area contributed by atoms with Crippen LogP contribution in [0.3, 0.4) is 0 Å². The first kappa shape index (κ1) is 25.1. The third-order valence-corrected chi connectivity index (χ3v) is 9.24. The normalized spacial score (nSPS) is 11.6. The van der Waals surface area contributed by atoms with Crippen LogP contribution in [-0.2, 0) is 11.2 Å². The van der Waals surface area contributed by atoms with E-state index in [0.29, 0.717) is 16.3 Å². The quantitative estimate of drug-likeness (QED) is 0.378. The maximum absolute atomic E-state index is 13.4. The van der Waals surface area contributed by atoms with Crippen LogP contribution in [0.25, 0.3) is 10.9 Å². The number of hydrogen-bond donors (Lipinski definition) is 1. The summed E-state index contributed by atoms with van der Waals surface area (Å²) in [5, 5.41) is 4.59. The first-order valence-corrected chi connectivity index (χ1v) is 15.2. The molecule has 5 nitrogen and oxygen atoms in total. The van der Waals surface area contributed by atoms with Gasteiger partial charge in [-0.1, -0.05) is 50.5 Å². The monoisotopic (exact) mass is 484 g/mol. The molecule has 0 fully saturated rings. The largest absolute Gasteiger partial charge is 0.497 e. The second-order valence-electron chi connectivity index (χ2n) is 9.32. The number of ether oxygens (including phenoxy) is 1. The molecule has 0 unspecified atom stereocenters. The number of hydrogen-bond acceptors (Lipinski definition) is 3. The predicted octanol–water partition coefficient (Wildman–Crippen LogP) is 6.01. The molecular weight excluding hydrogens is 452 g/mol. The second kappa shape index (κ2) is 10.6. The topological polar surface area (TPSA) is 60.3 Å². The van der Waals surface area contributed by atoms with Gasteiger partial charge in [-0.3, -0.25) is 14.2 Å². The van der Waals surface area contributed by atoms with Crippen LogP contribution in [0.2, 0.25) is 24.2 Å². The number of unbranched alkanes of at least 4 members (excludes halogenated alkanes) is 1. The zero-order chi connectivity index (χ0) is 24.2. The Bertz CT molecular complexity index is 1150. The maximum Gasteiger partial charge on any atom is 0.262 e. The minimum absolute atomic E-state index is 0.0176. The molecule has 176 valence electrons. The summed E-state index contributed by atoms with van der Waals surface area (Å²) >= 11 is 6.00. The van der Waals surface area contributed by atoms with Gasteiger partial charge in [0.1, 0.15) is 5.75 Å². The van der Waals surface area contributed by atoms with E-state index in [4.69, 9.17) is 16.3 Å². The molecule has 0 atom stereocenters. The lowest BCUT2D eigenvalue weighted by atomic mass is 10.1. The third kappa shape index (κ3) is 5.87. The van der Waals surface area contributed by atoms with Gasteiger partial charge in [0, 0.05) is 27.8 Å². The van der Waals surface area contributed by atoms with E-state index in [0.717, 1.165) is 28.3 Å². The fourth-order valence-corrected chi connectivity index (χ4v) is 6.39. The Balaban J connectivity index is 1.94. The van der Waals surface area contributed by atoms with Crippen molar-refractivity contribution in [2.45, 2.75) is 52.2 Å². The van der Waals surface area contributed by atoms with Crippen molar-refractivity contribution in [1.29, 1.82) is 0 Å². The minimum atomic E-state index is -1.47. The number of methoxy groups -OCH3 is 1. The first-order chi connectivity index (χ1) is 15.7. The summed E-state index contributed by atoms with van der Waals surface area (Å²) in [6.45, 7) is 8.72. The number of benzene rings is 2. The Morgan fingerprint density at radius 2 is 1.82 bits per heavy atom. The van der Waals surface area contributed by atoms with Gasteiger partial charge in [0.25, 0.3) is 5.91 Å². The van der Waals surface area contributed by atoms with Gasteiger partial charge in [0.2, 0.25) is 5.91 Å². The molecule has 0 aliphatic heterocycles. The fraction of sp³-hybridized carbons (Fsp3) is 0.385. The zero-order valence-electron chi connectivity index (χ0n) is 20.1.